The van der Waals surface area contributed by atoms with Crippen molar-refractivity contribution in [3.63, 3.8) is 0 Å². The first-order valence-corrected chi connectivity index (χ1v) is 11.4. The minimum atomic E-state index is -0.225. The molecule has 33 heavy (non-hydrogen) atoms. The molecule has 0 aliphatic carbocycles. The van der Waals surface area contributed by atoms with Crippen LogP contribution in [0.25, 0.3) is 11.1 Å². The summed E-state index contributed by atoms with van der Waals surface area (Å²) < 4.78 is 18.2. The van der Waals surface area contributed by atoms with Gasteiger partial charge >= 0.3 is 0 Å². The summed E-state index contributed by atoms with van der Waals surface area (Å²) in [5.74, 6) is -0.0768. The molecule has 0 spiro atoms. The minimum absolute atomic E-state index is 0.0418. The molecule has 0 bridgehead atoms. The van der Waals surface area contributed by atoms with E-state index in [2.05, 4.69) is 39.5 Å². The first kappa shape index (κ1) is 23.1. The predicted octanol–water partition coefficient (Wildman–Crippen LogP) is 4.60. The monoisotopic (exact) mass is 447 g/mol. The molecule has 4 rings (SSSR count). The van der Waals surface area contributed by atoms with Crippen LogP contribution in [0.15, 0.2) is 72.9 Å². The fourth-order valence-electron chi connectivity index (χ4n) is 4.55. The van der Waals surface area contributed by atoms with Gasteiger partial charge in [0, 0.05) is 26.4 Å². The summed E-state index contributed by atoms with van der Waals surface area (Å²) in [4.78, 5) is 19.3. The Hall–Kier alpha value is -3.09. The fraction of sp³-hybridized carbons (Fsp3) is 0.333. The Balaban J connectivity index is 1.43. The molecule has 0 radical (unpaired) electrons. The molecule has 1 saturated heterocycles. The number of halogens is 1. The molecule has 6 heteroatoms. The van der Waals surface area contributed by atoms with Crippen molar-refractivity contribution in [2.45, 2.75) is 25.4 Å². The van der Waals surface area contributed by atoms with Gasteiger partial charge in [-0.3, -0.25) is 14.7 Å². The van der Waals surface area contributed by atoms with E-state index in [1.165, 1.54) is 24.8 Å². The van der Waals surface area contributed by atoms with Crippen LogP contribution in [-0.2, 0) is 16.1 Å². The second kappa shape index (κ2) is 11.2. The van der Waals surface area contributed by atoms with Crippen LogP contribution in [0.3, 0.4) is 0 Å². The first-order chi connectivity index (χ1) is 16.1. The van der Waals surface area contributed by atoms with Crippen molar-refractivity contribution in [3.05, 3.63) is 90.0 Å². The number of hydrogen-bond donors (Lipinski definition) is 1. The number of pyridine rings is 1. The third kappa shape index (κ3) is 6.24. The molecule has 5 nitrogen and oxygen atoms in total. The van der Waals surface area contributed by atoms with E-state index in [1.807, 2.05) is 18.2 Å². The average Bonchev–Trinajstić information content (AvgIpc) is 2.84. The maximum atomic E-state index is 13.2. The summed E-state index contributed by atoms with van der Waals surface area (Å²) in [6, 6.07) is 20.7. The van der Waals surface area contributed by atoms with Crippen molar-refractivity contribution >= 4 is 5.91 Å². The van der Waals surface area contributed by atoms with Crippen LogP contribution in [0, 0.1) is 11.7 Å². The maximum absolute atomic E-state index is 13.2. The van der Waals surface area contributed by atoms with E-state index < -0.39 is 0 Å². The number of piperidine rings is 1. The number of nitrogens with zero attached hydrogens (tertiary/aromatic N) is 2. The fourth-order valence-corrected chi connectivity index (χ4v) is 4.55. The molecule has 1 aliphatic rings. The third-order valence-electron chi connectivity index (χ3n) is 6.15. The van der Waals surface area contributed by atoms with Gasteiger partial charge in [-0.1, -0.05) is 42.5 Å². The summed E-state index contributed by atoms with van der Waals surface area (Å²) in [5.41, 5.74) is 4.20. The molecule has 2 heterocycles. The van der Waals surface area contributed by atoms with Crippen LogP contribution >= 0.6 is 0 Å². The number of methoxy groups -OCH3 is 1. The van der Waals surface area contributed by atoms with E-state index in [4.69, 9.17) is 4.74 Å². The summed E-state index contributed by atoms with van der Waals surface area (Å²) in [7, 11) is 1.53. The Morgan fingerprint density at radius 1 is 1.12 bits per heavy atom. The summed E-state index contributed by atoms with van der Waals surface area (Å²) in [6.07, 6.45) is 3.88. The number of amides is 1. The Labute approximate surface area is 194 Å². The Bertz CT molecular complexity index is 1030. The largest absolute Gasteiger partial charge is 0.375 e. The van der Waals surface area contributed by atoms with Gasteiger partial charge in [-0.25, -0.2) is 4.39 Å². The number of nitrogens with one attached hydrogen (secondary N) is 1. The summed E-state index contributed by atoms with van der Waals surface area (Å²) in [6.45, 7) is 2.80. The number of hydrogen-bond acceptors (Lipinski definition) is 4. The summed E-state index contributed by atoms with van der Waals surface area (Å²) >= 11 is 0. The van der Waals surface area contributed by atoms with Gasteiger partial charge in [0.15, 0.2) is 0 Å². The molecule has 172 valence electrons. The molecule has 1 aliphatic heterocycles. The lowest BCUT2D eigenvalue weighted by Crippen LogP contribution is -2.43. The van der Waals surface area contributed by atoms with Crippen LogP contribution in [0.2, 0.25) is 0 Å². The molecule has 1 N–H and O–H groups in total. The van der Waals surface area contributed by atoms with Crippen molar-refractivity contribution in [2.75, 3.05) is 26.8 Å². The standard InChI is InChI=1S/C27H30FN3O2/c1-33-19-26(32)30-27(25-6-2-3-15-29-25)23-5-4-16-31(18-23)17-20-7-9-21(10-8-20)22-11-13-24(28)14-12-22/h2-3,6-15,23,27H,4-5,16-19H2,1H3,(H,30,32)/t23-,27-/m0/s1. The zero-order valence-corrected chi connectivity index (χ0v) is 18.9. The third-order valence-corrected chi connectivity index (χ3v) is 6.15. The highest BCUT2D eigenvalue weighted by Gasteiger charge is 2.30. The molecule has 0 saturated carbocycles. The Morgan fingerprint density at radius 2 is 1.85 bits per heavy atom. The molecule has 2 atom stereocenters. The van der Waals surface area contributed by atoms with E-state index in [0.29, 0.717) is 0 Å². The minimum Gasteiger partial charge on any atom is -0.375 e. The van der Waals surface area contributed by atoms with Gasteiger partial charge < -0.3 is 10.1 Å². The van der Waals surface area contributed by atoms with Gasteiger partial charge in [0.2, 0.25) is 5.91 Å². The van der Waals surface area contributed by atoms with Gasteiger partial charge in [0.25, 0.3) is 0 Å². The highest BCUT2D eigenvalue weighted by atomic mass is 19.1. The lowest BCUT2D eigenvalue weighted by atomic mass is 9.88. The number of likely N-dealkylation sites (tertiary alicyclic amines) is 1. The molecular formula is C27H30FN3O2. The van der Waals surface area contributed by atoms with Crippen LogP contribution in [0.1, 0.15) is 30.1 Å². The number of carbonyl (C=O) groups is 1. The Morgan fingerprint density at radius 3 is 2.52 bits per heavy atom. The van der Waals surface area contributed by atoms with Gasteiger partial charge in [-0.15, -0.1) is 0 Å². The second-order valence-electron chi connectivity index (χ2n) is 8.57. The summed E-state index contributed by atoms with van der Waals surface area (Å²) in [5, 5.41) is 3.14. The average molecular weight is 448 g/mol. The van der Waals surface area contributed by atoms with Crippen molar-refractivity contribution in [2.24, 2.45) is 5.92 Å². The molecular weight excluding hydrogens is 417 g/mol. The topological polar surface area (TPSA) is 54.5 Å². The molecule has 1 aromatic heterocycles. The number of aromatic nitrogens is 1. The molecule has 0 unspecified atom stereocenters. The number of rotatable bonds is 8. The van der Waals surface area contributed by atoms with E-state index in [0.717, 1.165) is 49.3 Å². The van der Waals surface area contributed by atoms with E-state index in [9.17, 15) is 9.18 Å². The van der Waals surface area contributed by atoms with Gasteiger partial charge in [0.1, 0.15) is 12.4 Å². The zero-order valence-electron chi connectivity index (χ0n) is 18.9. The van der Waals surface area contributed by atoms with Gasteiger partial charge in [0.05, 0.1) is 11.7 Å². The molecule has 2 aromatic carbocycles. The van der Waals surface area contributed by atoms with Crippen LogP contribution in [-0.4, -0.2) is 42.6 Å². The number of ether oxygens (including phenoxy) is 1. The maximum Gasteiger partial charge on any atom is 0.246 e. The number of carbonyl (C=O) groups excluding carboxylic acids is 1. The van der Waals surface area contributed by atoms with Crippen molar-refractivity contribution in [1.82, 2.24) is 15.2 Å². The van der Waals surface area contributed by atoms with Crippen molar-refractivity contribution < 1.29 is 13.9 Å². The first-order valence-electron chi connectivity index (χ1n) is 11.4. The molecule has 3 aromatic rings. The van der Waals surface area contributed by atoms with Crippen LogP contribution in [0.4, 0.5) is 4.39 Å². The normalized spacial score (nSPS) is 17.5. The van der Waals surface area contributed by atoms with Gasteiger partial charge in [-0.05, 0) is 66.3 Å². The molecule has 1 fully saturated rings. The second-order valence-corrected chi connectivity index (χ2v) is 8.57. The van der Waals surface area contributed by atoms with Gasteiger partial charge in [-0.2, -0.15) is 0 Å². The zero-order chi connectivity index (χ0) is 23.0. The van der Waals surface area contributed by atoms with E-state index in [-0.39, 0.29) is 30.3 Å². The van der Waals surface area contributed by atoms with E-state index >= 15 is 0 Å². The molecule has 1 amide bonds. The van der Waals surface area contributed by atoms with Crippen LogP contribution in [0.5, 0.6) is 0 Å². The quantitative estimate of drug-likeness (QED) is 0.548. The van der Waals surface area contributed by atoms with Crippen molar-refractivity contribution in [1.29, 1.82) is 0 Å². The lowest BCUT2D eigenvalue weighted by Gasteiger charge is -2.37. The smallest absolute Gasteiger partial charge is 0.246 e. The SMILES string of the molecule is COCC(=O)N[C@H](c1ccccn1)[C@H]1CCCN(Cc2ccc(-c3ccc(F)cc3)cc2)C1. The van der Waals surface area contributed by atoms with Crippen molar-refractivity contribution in [3.8, 4) is 11.1 Å². The number of benzene rings is 2. The van der Waals surface area contributed by atoms with Crippen LogP contribution < -0.4 is 5.32 Å². The highest BCUT2D eigenvalue weighted by molar-refractivity contribution is 5.77. The lowest BCUT2D eigenvalue weighted by molar-refractivity contribution is -0.126. The predicted molar refractivity (Wildman–Crippen MR) is 127 cm³/mol. The van der Waals surface area contributed by atoms with E-state index in [1.54, 1.807) is 18.3 Å². The Kier molecular flexibility index (Phi) is 7.81. The highest BCUT2D eigenvalue weighted by Crippen LogP contribution is 2.30.